The summed E-state index contributed by atoms with van der Waals surface area (Å²) in [5.74, 6) is 0.315. The number of hydrogen-bond acceptors (Lipinski definition) is 5. The van der Waals surface area contributed by atoms with Crippen LogP contribution in [-0.2, 0) is 26.2 Å². The van der Waals surface area contributed by atoms with Gasteiger partial charge in [0.05, 0.1) is 12.8 Å². The van der Waals surface area contributed by atoms with Crippen LogP contribution in [0.15, 0.2) is 46.9 Å². The van der Waals surface area contributed by atoms with Crippen LogP contribution < -0.4 is 10.6 Å². The summed E-state index contributed by atoms with van der Waals surface area (Å²) >= 11 is 0. The normalized spacial score (nSPS) is 11.7. The number of hydrogen-bond donors (Lipinski definition) is 2. The predicted molar refractivity (Wildman–Crippen MR) is 103 cm³/mol. The van der Waals surface area contributed by atoms with Gasteiger partial charge in [-0.25, -0.2) is 8.42 Å². The summed E-state index contributed by atoms with van der Waals surface area (Å²) in [7, 11) is -1.84. The standard InChI is InChI=1S/C18H21N3O5S/c1-13(22)19-14-5-4-6-15(11-14)20-18(23)10-9-16-7-8-17(26-16)12-21(2)27(3,24)25/h4-11H,12H2,1-3H3,(H,19,22)(H,20,23)/b10-9+. The van der Waals surface area contributed by atoms with Crippen molar-refractivity contribution >= 4 is 39.3 Å². The van der Waals surface area contributed by atoms with Crippen molar-refractivity contribution in [2.45, 2.75) is 13.5 Å². The molecule has 0 aliphatic rings. The van der Waals surface area contributed by atoms with Crippen molar-refractivity contribution in [1.29, 1.82) is 0 Å². The van der Waals surface area contributed by atoms with E-state index in [-0.39, 0.29) is 18.4 Å². The Morgan fingerprint density at radius 1 is 1.15 bits per heavy atom. The van der Waals surface area contributed by atoms with E-state index in [2.05, 4.69) is 10.6 Å². The van der Waals surface area contributed by atoms with E-state index >= 15 is 0 Å². The lowest BCUT2D eigenvalue weighted by atomic mass is 10.2. The molecule has 0 saturated heterocycles. The van der Waals surface area contributed by atoms with Crippen LogP contribution in [0.2, 0.25) is 0 Å². The first-order chi connectivity index (χ1) is 12.6. The van der Waals surface area contributed by atoms with Gasteiger partial charge in [-0.2, -0.15) is 4.31 Å². The molecule has 27 heavy (non-hydrogen) atoms. The zero-order chi connectivity index (χ0) is 20.0. The van der Waals surface area contributed by atoms with E-state index in [1.165, 1.54) is 26.1 Å². The Bertz CT molecular complexity index is 963. The maximum Gasteiger partial charge on any atom is 0.248 e. The molecule has 0 saturated carbocycles. The summed E-state index contributed by atoms with van der Waals surface area (Å²) < 4.78 is 29.5. The molecular weight excluding hydrogens is 370 g/mol. The minimum atomic E-state index is -3.30. The fourth-order valence-electron chi connectivity index (χ4n) is 2.13. The topological polar surface area (TPSA) is 109 Å². The highest BCUT2D eigenvalue weighted by Crippen LogP contribution is 2.16. The predicted octanol–water partition coefficient (Wildman–Crippen LogP) is 2.28. The summed E-state index contributed by atoms with van der Waals surface area (Å²) in [6, 6.07) is 10.1. The van der Waals surface area contributed by atoms with Gasteiger partial charge in [0.25, 0.3) is 0 Å². The minimum absolute atomic E-state index is 0.106. The van der Waals surface area contributed by atoms with Gasteiger partial charge in [-0.1, -0.05) is 6.07 Å². The molecule has 0 radical (unpaired) electrons. The summed E-state index contributed by atoms with van der Waals surface area (Å²) in [5.41, 5.74) is 1.11. The first kappa shape index (κ1) is 20.4. The summed E-state index contributed by atoms with van der Waals surface area (Å²) in [5, 5.41) is 5.31. The third kappa shape index (κ3) is 6.72. The SMILES string of the molecule is CC(=O)Nc1cccc(NC(=O)/C=C/c2ccc(CN(C)S(C)(=O)=O)o2)c1. The lowest BCUT2D eigenvalue weighted by molar-refractivity contribution is -0.114. The van der Waals surface area contributed by atoms with Gasteiger partial charge in [0.15, 0.2) is 0 Å². The third-order valence-corrected chi connectivity index (χ3v) is 4.74. The lowest BCUT2D eigenvalue weighted by Crippen LogP contribution is -2.24. The summed E-state index contributed by atoms with van der Waals surface area (Å²) in [6.45, 7) is 1.51. The fraction of sp³-hybridized carbons (Fsp3) is 0.222. The molecule has 0 atom stereocenters. The van der Waals surface area contributed by atoms with Crippen molar-refractivity contribution in [2.75, 3.05) is 23.9 Å². The van der Waals surface area contributed by atoms with Gasteiger partial charge >= 0.3 is 0 Å². The number of amides is 2. The second-order valence-electron chi connectivity index (χ2n) is 5.91. The van der Waals surface area contributed by atoms with Crippen molar-refractivity contribution in [2.24, 2.45) is 0 Å². The number of carbonyl (C=O) groups is 2. The maximum atomic E-state index is 12.0. The molecule has 0 bridgehead atoms. The number of nitrogens with zero attached hydrogens (tertiary/aromatic N) is 1. The quantitative estimate of drug-likeness (QED) is 0.704. The van der Waals surface area contributed by atoms with Gasteiger partial charge in [-0.05, 0) is 36.4 Å². The first-order valence-corrected chi connectivity index (χ1v) is 9.85. The van der Waals surface area contributed by atoms with E-state index in [1.807, 2.05) is 0 Å². The second kappa shape index (κ2) is 8.65. The second-order valence-corrected chi connectivity index (χ2v) is 8.00. The molecule has 2 N–H and O–H groups in total. The largest absolute Gasteiger partial charge is 0.460 e. The van der Waals surface area contributed by atoms with Crippen LogP contribution in [0.25, 0.3) is 6.08 Å². The molecule has 2 amide bonds. The van der Waals surface area contributed by atoms with E-state index < -0.39 is 10.0 Å². The zero-order valence-corrected chi connectivity index (χ0v) is 16.0. The highest BCUT2D eigenvalue weighted by atomic mass is 32.2. The molecule has 0 aliphatic carbocycles. The van der Waals surface area contributed by atoms with Crippen LogP contribution in [-0.4, -0.2) is 37.8 Å². The van der Waals surface area contributed by atoms with Crippen molar-refractivity contribution < 1.29 is 22.4 Å². The van der Waals surface area contributed by atoms with E-state index in [0.717, 1.165) is 10.6 Å². The van der Waals surface area contributed by atoms with Gasteiger partial charge in [0, 0.05) is 31.4 Å². The van der Waals surface area contributed by atoms with E-state index in [0.29, 0.717) is 22.9 Å². The van der Waals surface area contributed by atoms with Crippen molar-refractivity contribution in [1.82, 2.24) is 4.31 Å². The monoisotopic (exact) mass is 391 g/mol. The average molecular weight is 391 g/mol. The lowest BCUT2D eigenvalue weighted by Gasteiger charge is -2.11. The molecule has 144 valence electrons. The summed E-state index contributed by atoms with van der Waals surface area (Å²) in [6.07, 6.45) is 3.90. The third-order valence-electron chi connectivity index (χ3n) is 3.48. The first-order valence-electron chi connectivity index (χ1n) is 8.00. The maximum absolute atomic E-state index is 12.0. The Labute approximate surface area is 157 Å². The smallest absolute Gasteiger partial charge is 0.248 e. The Morgan fingerprint density at radius 2 is 1.81 bits per heavy atom. The molecule has 8 nitrogen and oxygen atoms in total. The number of nitrogens with one attached hydrogen (secondary N) is 2. The zero-order valence-electron chi connectivity index (χ0n) is 15.2. The van der Waals surface area contributed by atoms with Crippen molar-refractivity contribution in [3.8, 4) is 0 Å². The molecule has 1 heterocycles. The molecule has 0 aliphatic heterocycles. The van der Waals surface area contributed by atoms with Crippen LogP contribution in [0.1, 0.15) is 18.4 Å². The molecule has 2 rings (SSSR count). The van der Waals surface area contributed by atoms with Crippen LogP contribution in [0.3, 0.4) is 0 Å². The van der Waals surface area contributed by atoms with E-state index in [4.69, 9.17) is 4.42 Å². The molecule has 0 unspecified atom stereocenters. The number of rotatable bonds is 7. The molecular formula is C18H21N3O5S. The van der Waals surface area contributed by atoms with E-state index in [1.54, 1.807) is 36.4 Å². The molecule has 0 spiro atoms. The van der Waals surface area contributed by atoms with Gasteiger partial charge in [0.1, 0.15) is 11.5 Å². The van der Waals surface area contributed by atoms with Gasteiger partial charge in [-0.3, -0.25) is 9.59 Å². The molecule has 1 aromatic carbocycles. The highest BCUT2D eigenvalue weighted by Gasteiger charge is 2.13. The van der Waals surface area contributed by atoms with Crippen LogP contribution in [0.5, 0.6) is 0 Å². The van der Waals surface area contributed by atoms with Gasteiger partial charge in [0.2, 0.25) is 21.8 Å². The molecule has 9 heteroatoms. The van der Waals surface area contributed by atoms with E-state index in [9.17, 15) is 18.0 Å². The molecule has 0 fully saturated rings. The molecule has 2 aromatic rings. The van der Waals surface area contributed by atoms with Crippen LogP contribution >= 0.6 is 0 Å². The average Bonchev–Trinajstić information content (AvgIpc) is 2.99. The fourth-order valence-corrected chi connectivity index (χ4v) is 2.49. The van der Waals surface area contributed by atoms with Gasteiger partial charge in [-0.15, -0.1) is 0 Å². The Balaban J connectivity index is 1.96. The Hall–Kier alpha value is -2.91. The Morgan fingerprint density at radius 3 is 2.44 bits per heavy atom. The number of benzene rings is 1. The number of carbonyl (C=O) groups excluding carboxylic acids is 2. The van der Waals surface area contributed by atoms with Crippen LogP contribution in [0.4, 0.5) is 11.4 Å². The summed E-state index contributed by atoms with van der Waals surface area (Å²) in [4.78, 5) is 23.1. The number of anilines is 2. The molecule has 1 aromatic heterocycles. The van der Waals surface area contributed by atoms with Crippen molar-refractivity contribution in [3.63, 3.8) is 0 Å². The highest BCUT2D eigenvalue weighted by molar-refractivity contribution is 7.88. The number of furan rings is 1. The minimum Gasteiger partial charge on any atom is -0.460 e. The van der Waals surface area contributed by atoms with Gasteiger partial charge < -0.3 is 15.1 Å². The number of sulfonamides is 1. The van der Waals surface area contributed by atoms with Crippen LogP contribution in [0, 0.1) is 0 Å². The Kier molecular flexibility index (Phi) is 6.54. The van der Waals surface area contributed by atoms with Crippen molar-refractivity contribution in [3.05, 3.63) is 54.0 Å².